The lowest BCUT2D eigenvalue weighted by atomic mass is 9.85. The second kappa shape index (κ2) is 8.52. The van der Waals surface area contributed by atoms with Gasteiger partial charge in [-0.2, -0.15) is 5.10 Å². The lowest BCUT2D eigenvalue weighted by molar-refractivity contribution is -0.134. The van der Waals surface area contributed by atoms with Gasteiger partial charge in [0, 0.05) is 25.2 Å². The van der Waals surface area contributed by atoms with Crippen molar-refractivity contribution >= 4 is 23.4 Å². The number of halogens is 2. The average molecular weight is 393 g/mol. The van der Waals surface area contributed by atoms with E-state index in [1.807, 2.05) is 13.0 Å². The minimum absolute atomic E-state index is 0.00577. The molecule has 1 aliphatic heterocycles. The van der Waals surface area contributed by atoms with E-state index in [-0.39, 0.29) is 42.0 Å². The Morgan fingerprint density at radius 2 is 2.04 bits per heavy atom. The maximum Gasteiger partial charge on any atom is 0.244 e. The van der Waals surface area contributed by atoms with Crippen molar-refractivity contribution in [2.45, 2.75) is 31.8 Å². The number of hydrogen-bond acceptors (Lipinski definition) is 3. The Morgan fingerprint density at radius 1 is 1.30 bits per heavy atom. The molecule has 2 heterocycles. The van der Waals surface area contributed by atoms with Gasteiger partial charge in [0.05, 0.1) is 11.7 Å². The van der Waals surface area contributed by atoms with Crippen LogP contribution in [0, 0.1) is 12.7 Å². The van der Waals surface area contributed by atoms with E-state index in [0.717, 1.165) is 11.3 Å². The number of carbonyl (C=O) groups is 2. The molecule has 3 rings (SSSR count). The molecular weight excluding hydrogens is 371 g/mol. The van der Waals surface area contributed by atoms with Crippen LogP contribution >= 0.6 is 11.6 Å². The zero-order valence-electron chi connectivity index (χ0n) is 15.1. The van der Waals surface area contributed by atoms with Gasteiger partial charge in [-0.25, -0.2) is 4.39 Å². The molecule has 2 aromatic rings. The van der Waals surface area contributed by atoms with E-state index in [1.54, 1.807) is 27.9 Å². The van der Waals surface area contributed by atoms with Gasteiger partial charge in [-0.1, -0.05) is 12.1 Å². The van der Waals surface area contributed by atoms with Gasteiger partial charge in [0.1, 0.15) is 18.2 Å². The van der Waals surface area contributed by atoms with Gasteiger partial charge in [0.25, 0.3) is 0 Å². The first-order chi connectivity index (χ1) is 13.0. The van der Waals surface area contributed by atoms with Crippen LogP contribution in [0.1, 0.15) is 23.6 Å². The van der Waals surface area contributed by atoms with Crippen LogP contribution in [-0.4, -0.2) is 51.5 Å². The van der Waals surface area contributed by atoms with Crippen molar-refractivity contribution in [3.8, 4) is 0 Å². The van der Waals surface area contributed by atoms with Crippen LogP contribution in [0.4, 0.5) is 4.39 Å². The molecule has 1 saturated heterocycles. The van der Waals surface area contributed by atoms with Crippen molar-refractivity contribution in [2.24, 2.45) is 0 Å². The third kappa shape index (κ3) is 4.86. The molecule has 0 radical (unpaired) electrons. The second-order valence-corrected chi connectivity index (χ2v) is 7.02. The summed E-state index contributed by atoms with van der Waals surface area (Å²) < 4.78 is 14.9. The number of piperidine rings is 1. The number of amides is 2. The smallest absolute Gasteiger partial charge is 0.244 e. The Morgan fingerprint density at radius 3 is 2.67 bits per heavy atom. The monoisotopic (exact) mass is 392 g/mol. The Labute approximate surface area is 162 Å². The predicted molar refractivity (Wildman–Crippen MR) is 100.0 cm³/mol. The van der Waals surface area contributed by atoms with Crippen LogP contribution in [0.15, 0.2) is 36.5 Å². The van der Waals surface area contributed by atoms with Crippen LogP contribution in [0.5, 0.6) is 0 Å². The van der Waals surface area contributed by atoms with Crippen LogP contribution in [-0.2, 0) is 16.1 Å². The molecule has 27 heavy (non-hydrogen) atoms. The summed E-state index contributed by atoms with van der Waals surface area (Å²) in [5.74, 6) is -0.796. The van der Waals surface area contributed by atoms with E-state index in [4.69, 9.17) is 11.6 Å². The van der Waals surface area contributed by atoms with Gasteiger partial charge in [0.2, 0.25) is 11.8 Å². The number of nitrogens with zero attached hydrogens (tertiary/aromatic N) is 3. The Kier molecular flexibility index (Phi) is 6.11. The second-order valence-electron chi connectivity index (χ2n) is 6.75. The molecule has 0 spiro atoms. The highest BCUT2D eigenvalue weighted by Gasteiger charge is 2.33. The van der Waals surface area contributed by atoms with Crippen molar-refractivity contribution in [3.63, 3.8) is 0 Å². The fraction of sp³-hybridized carbons (Fsp3) is 0.421. The van der Waals surface area contributed by atoms with E-state index in [9.17, 15) is 14.0 Å². The molecular formula is C19H22ClFN4O2. The molecule has 2 atom stereocenters. The summed E-state index contributed by atoms with van der Waals surface area (Å²) in [6, 6.07) is 7.84. The highest BCUT2D eigenvalue weighted by Crippen LogP contribution is 2.29. The number of aryl methyl sites for hydroxylation is 1. The Bertz CT molecular complexity index is 808. The van der Waals surface area contributed by atoms with Gasteiger partial charge >= 0.3 is 0 Å². The predicted octanol–water partition coefficient (Wildman–Crippen LogP) is 2.07. The topological polar surface area (TPSA) is 67.2 Å². The number of benzene rings is 1. The summed E-state index contributed by atoms with van der Waals surface area (Å²) >= 11 is 5.64. The van der Waals surface area contributed by atoms with Crippen molar-refractivity contribution in [1.82, 2.24) is 20.0 Å². The van der Waals surface area contributed by atoms with Crippen molar-refractivity contribution in [2.75, 3.05) is 19.0 Å². The van der Waals surface area contributed by atoms with E-state index < -0.39 is 0 Å². The summed E-state index contributed by atoms with van der Waals surface area (Å²) in [6.07, 6.45) is 2.44. The summed E-state index contributed by atoms with van der Waals surface area (Å²) in [7, 11) is 0. The number of hydrogen-bond donors (Lipinski definition) is 1. The third-order valence-corrected chi connectivity index (χ3v) is 5.05. The fourth-order valence-electron chi connectivity index (χ4n) is 3.47. The summed E-state index contributed by atoms with van der Waals surface area (Å²) in [5.41, 5.74) is 1.79. The van der Waals surface area contributed by atoms with E-state index >= 15 is 0 Å². The third-order valence-electron chi connectivity index (χ3n) is 4.80. The molecule has 6 nitrogen and oxygen atoms in total. The molecule has 0 aliphatic carbocycles. The van der Waals surface area contributed by atoms with Gasteiger partial charge in [0.15, 0.2) is 0 Å². The quantitative estimate of drug-likeness (QED) is 0.792. The van der Waals surface area contributed by atoms with Crippen LogP contribution < -0.4 is 5.32 Å². The highest BCUT2D eigenvalue weighted by atomic mass is 35.5. The number of aromatic nitrogens is 2. The SMILES string of the molecule is Cc1ccn(CC(=O)N2CC[C@H](c3ccc(F)cc3)[C@@H](NC(=O)CCl)C2)n1. The van der Waals surface area contributed by atoms with Gasteiger partial charge in [-0.05, 0) is 37.1 Å². The number of alkyl halides is 1. The van der Waals surface area contributed by atoms with Crippen LogP contribution in [0.25, 0.3) is 0 Å². The van der Waals surface area contributed by atoms with E-state index in [1.165, 1.54) is 12.1 Å². The number of nitrogens with one attached hydrogen (secondary N) is 1. The van der Waals surface area contributed by atoms with Crippen LogP contribution in [0.2, 0.25) is 0 Å². The first-order valence-corrected chi connectivity index (χ1v) is 9.38. The van der Waals surface area contributed by atoms with Crippen molar-refractivity contribution in [3.05, 3.63) is 53.6 Å². The van der Waals surface area contributed by atoms with Gasteiger partial charge in [-0.15, -0.1) is 11.6 Å². The normalized spacial score (nSPS) is 19.7. The first kappa shape index (κ1) is 19.4. The zero-order valence-corrected chi connectivity index (χ0v) is 15.8. The van der Waals surface area contributed by atoms with Gasteiger partial charge < -0.3 is 10.2 Å². The van der Waals surface area contributed by atoms with Crippen molar-refractivity contribution < 1.29 is 14.0 Å². The summed E-state index contributed by atoms with van der Waals surface area (Å²) in [6.45, 7) is 2.97. The molecule has 0 bridgehead atoms. The zero-order chi connectivity index (χ0) is 19.4. The Hall–Kier alpha value is -2.41. The fourth-order valence-corrected chi connectivity index (χ4v) is 3.55. The Balaban J connectivity index is 1.72. The molecule has 1 fully saturated rings. The first-order valence-electron chi connectivity index (χ1n) is 8.85. The minimum Gasteiger partial charge on any atom is -0.350 e. The number of rotatable bonds is 5. The van der Waals surface area contributed by atoms with E-state index in [2.05, 4.69) is 10.4 Å². The van der Waals surface area contributed by atoms with Crippen LogP contribution in [0.3, 0.4) is 0 Å². The molecule has 0 unspecified atom stereocenters. The molecule has 8 heteroatoms. The maximum atomic E-state index is 13.2. The highest BCUT2D eigenvalue weighted by molar-refractivity contribution is 6.27. The molecule has 144 valence electrons. The van der Waals surface area contributed by atoms with E-state index in [0.29, 0.717) is 19.5 Å². The molecule has 1 N–H and O–H groups in total. The summed E-state index contributed by atoms with van der Waals surface area (Å²) in [5, 5.41) is 7.15. The van der Waals surface area contributed by atoms with Gasteiger partial charge in [-0.3, -0.25) is 14.3 Å². The lowest BCUT2D eigenvalue weighted by Gasteiger charge is -2.39. The molecule has 1 aliphatic rings. The molecule has 0 saturated carbocycles. The maximum absolute atomic E-state index is 13.2. The average Bonchev–Trinajstić information content (AvgIpc) is 3.07. The van der Waals surface area contributed by atoms with Crippen molar-refractivity contribution in [1.29, 1.82) is 0 Å². The minimum atomic E-state index is -0.303. The number of likely N-dealkylation sites (tertiary alicyclic amines) is 1. The lowest BCUT2D eigenvalue weighted by Crippen LogP contribution is -2.54. The summed E-state index contributed by atoms with van der Waals surface area (Å²) in [4.78, 5) is 26.2. The number of carbonyl (C=O) groups excluding carboxylic acids is 2. The largest absolute Gasteiger partial charge is 0.350 e. The molecule has 1 aromatic carbocycles. The molecule has 1 aromatic heterocycles. The standard InChI is InChI=1S/C19H22ClFN4O2/c1-13-6-9-25(23-13)12-19(27)24-8-7-16(14-2-4-15(21)5-3-14)17(11-24)22-18(26)10-20/h2-6,9,16-17H,7-8,10-12H2,1H3,(H,22,26)/t16-,17+/m1/s1. The molecule has 2 amide bonds.